The Morgan fingerprint density at radius 2 is 1.93 bits per heavy atom. The topological polar surface area (TPSA) is 96.0 Å². The van der Waals surface area contributed by atoms with E-state index in [0.29, 0.717) is 43.7 Å². The smallest absolute Gasteiger partial charge is 0.416 e. The van der Waals surface area contributed by atoms with Crippen LogP contribution < -0.4 is 10.2 Å². The van der Waals surface area contributed by atoms with E-state index in [0.717, 1.165) is 42.9 Å². The maximum absolute atomic E-state index is 16.0. The number of methoxy groups -OCH3 is 1. The Kier molecular flexibility index (Phi) is 10.7. The molecule has 10 nitrogen and oxygen atoms in total. The normalized spacial score (nSPS) is 19.5. The average Bonchev–Trinajstić information content (AvgIpc) is 3.60. The first-order valence-electron chi connectivity index (χ1n) is 15.0. The molecule has 0 saturated carbocycles. The number of carbonyl (C=O) groups excluding carboxylic acids is 1. The van der Waals surface area contributed by atoms with Crippen molar-refractivity contribution in [3.05, 3.63) is 46.6 Å². The lowest BCUT2D eigenvalue weighted by molar-refractivity contribution is -0.145. The number of hydrogen-bond acceptors (Lipinski definition) is 11. The van der Waals surface area contributed by atoms with Gasteiger partial charge in [0.1, 0.15) is 12.1 Å². The van der Waals surface area contributed by atoms with E-state index in [1.54, 1.807) is 18.9 Å². The number of thiazole rings is 1. The van der Waals surface area contributed by atoms with E-state index in [1.807, 2.05) is 4.90 Å². The van der Waals surface area contributed by atoms with Crippen molar-refractivity contribution in [2.75, 3.05) is 63.3 Å². The lowest BCUT2D eigenvalue weighted by Gasteiger charge is -2.41. The lowest BCUT2D eigenvalue weighted by atomic mass is 10.1. The number of halogens is 5. The summed E-state index contributed by atoms with van der Waals surface area (Å²) >= 11 is 1.15. The van der Waals surface area contributed by atoms with Gasteiger partial charge in [-0.3, -0.25) is 14.6 Å². The molecule has 2 atom stereocenters. The Labute approximate surface area is 267 Å². The Morgan fingerprint density at radius 3 is 2.63 bits per heavy atom. The predicted octanol–water partition coefficient (Wildman–Crippen LogP) is 5.33. The average molecular weight is 670 g/mol. The van der Waals surface area contributed by atoms with Crippen LogP contribution in [0.2, 0.25) is 0 Å². The number of hydrogen-bond donors (Lipinski definition) is 1. The number of anilines is 3. The molecule has 4 heterocycles. The maximum atomic E-state index is 16.0. The molecule has 2 saturated heterocycles. The zero-order chi connectivity index (χ0) is 33.0. The summed E-state index contributed by atoms with van der Waals surface area (Å²) in [7, 11) is 1.55. The van der Waals surface area contributed by atoms with Crippen LogP contribution in [0.5, 0.6) is 0 Å². The first-order chi connectivity index (χ1) is 22.0. The maximum Gasteiger partial charge on any atom is 0.416 e. The van der Waals surface area contributed by atoms with Crippen LogP contribution >= 0.6 is 11.3 Å². The number of carbonyl (C=O) groups is 1. The summed E-state index contributed by atoms with van der Waals surface area (Å²) in [4.78, 5) is 31.3. The van der Waals surface area contributed by atoms with E-state index >= 15 is 4.39 Å². The molecule has 2 aliphatic heterocycles. The second-order valence-corrected chi connectivity index (χ2v) is 12.4. The van der Waals surface area contributed by atoms with Crippen molar-refractivity contribution in [1.29, 1.82) is 0 Å². The number of piperazine rings is 1. The molecular weight excluding hydrogens is 633 g/mol. The van der Waals surface area contributed by atoms with Gasteiger partial charge in [0, 0.05) is 49.8 Å². The van der Waals surface area contributed by atoms with Crippen LogP contribution in [0.1, 0.15) is 37.1 Å². The van der Waals surface area contributed by atoms with Gasteiger partial charge in [-0.2, -0.15) is 17.6 Å². The summed E-state index contributed by atoms with van der Waals surface area (Å²) in [5.74, 6) is -2.26. The fraction of sp³-hybridized carbons (Fsp3) is 0.533. The first kappa shape index (κ1) is 33.9. The fourth-order valence-electron chi connectivity index (χ4n) is 5.83. The Bertz CT molecular complexity index is 1520. The van der Waals surface area contributed by atoms with Crippen molar-refractivity contribution in [1.82, 2.24) is 24.8 Å². The van der Waals surface area contributed by atoms with Crippen LogP contribution in [0, 0.1) is 11.6 Å². The van der Waals surface area contributed by atoms with Gasteiger partial charge in [-0.1, -0.05) is 11.3 Å². The van der Waals surface area contributed by atoms with Crippen LogP contribution in [-0.4, -0.2) is 95.9 Å². The second kappa shape index (κ2) is 14.5. The van der Waals surface area contributed by atoms with Gasteiger partial charge < -0.3 is 19.7 Å². The number of rotatable bonds is 11. The van der Waals surface area contributed by atoms with E-state index in [-0.39, 0.29) is 59.2 Å². The minimum absolute atomic E-state index is 0.0211. The number of benzene rings is 1. The molecule has 2 aliphatic rings. The number of ether oxygens (including phenoxy) is 2. The lowest BCUT2D eigenvalue weighted by Crippen LogP contribution is -2.56. The van der Waals surface area contributed by atoms with Crippen molar-refractivity contribution in [2.24, 2.45) is 0 Å². The van der Waals surface area contributed by atoms with Crippen molar-refractivity contribution in [3.63, 3.8) is 0 Å². The van der Waals surface area contributed by atoms with Gasteiger partial charge in [0.25, 0.3) is 0 Å². The number of alkyl halides is 3. The standard InChI is InChI=1S/C30H36F5N7O3S/c1-4-45-24(43)15-41-8-9-42(13-22(41)16-44-3)28-25(32)27(36-17-37-28)39-29-38-26(23(46-29)14-40-7-5-6-18(40)2)19-10-20(30(33,34)35)12-21(31)11-19/h10-12,17-18,22H,4-9,13-16H2,1-3H3,(H,36,37,38,39)/t18-,22-/m1/s1. The molecule has 16 heteroatoms. The number of likely N-dealkylation sites (tertiary alicyclic amines) is 1. The Balaban J connectivity index is 1.42. The Hall–Kier alpha value is -3.47. The summed E-state index contributed by atoms with van der Waals surface area (Å²) in [5, 5.41) is 3.08. The largest absolute Gasteiger partial charge is 0.465 e. The molecule has 0 spiro atoms. The van der Waals surface area contributed by atoms with E-state index in [1.165, 1.54) is 6.33 Å². The summed E-state index contributed by atoms with van der Waals surface area (Å²) in [6.07, 6.45) is -1.57. The summed E-state index contributed by atoms with van der Waals surface area (Å²) in [6, 6.07) is 2.36. The molecule has 46 heavy (non-hydrogen) atoms. The van der Waals surface area contributed by atoms with Crippen molar-refractivity contribution >= 4 is 34.1 Å². The molecule has 3 aromatic rings. The highest BCUT2D eigenvalue weighted by molar-refractivity contribution is 7.16. The van der Waals surface area contributed by atoms with Crippen LogP contribution in [0.15, 0.2) is 24.5 Å². The predicted molar refractivity (Wildman–Crippen MR) is 163 cm³/mol. The SMILES string of the molecule is CCOC(=O)CN1CCN(c2ncnc(Nc3nc(-c4cc(F)cc(C(F)(F)F)c4)c(CN4CCC[C@H]4C)s3)c2F)C[C@@H]1COC. The molecule has 1 N–H and O–H groups in total. The Morgan fingerprint density at radius 1 is 1.13 bits per heavy atom. The van der Waals surface area contributed by atoms with Gasteiger partial charge in [-0.15, -0.1) is 0 Å². The first-order valence-corrected chi connectivity index (χ1v) is 15.8. The van der Waals surface area contributed by atoms with Gasteiger partial charge >= 0.3 is 12.1 Å². The van der Waals surface area contributed by atoms with Gasteiger partial charge in [0.15, 0.2) is 16.8 Å². The van der Waals surface area contributed by atoms with Gasteiger partial charge in [0.05, 0.1) is 37.1 Å². The highest BCUT2D eigenvalue weighted by Crippen LogP contribution is 2.39. The number of esters is 1. The third-order valence-corrected chi connectivity index (χ3v) is 9.09. The molecule has 250 valence electrons. The van der Waals surface area contributed by atoms with Crippen molar-refractivity contribution < 1.29 is 36.2 Å². The molecule has 0 radical (unpaired) electrons. The zero-order valence-electron chi connectivity index (χ0n) is 25.7. The molecule has 0 amide bonds. The summed E-state index contributed by atoms with van der Waals surface area (Å²) < 4.78 is 81.5. The molecule has 0 unspecified atom stereocenters. The van der Waals surface area contributed by atoms with Gasteiger partial charge in [-0.05, 0) is 51.4 Å². The van der Waals surface area contributed by atoms with E-state index in [4.69, 9.17) is 9.47 Å². The van der Waals surface area contributed by atoms with E-state index in [9.17, 15) is 22.4 Å². The monoisotopic (exact) mass is 669 g/mol. The quantitative estimate of drug-likeness (QED) is 0.214. The third-order valence-electron chi connectivity index (χ3n) is 8.13. The molecule has 2 aromatic heterocycles. The summed E-state index contributed by atoms with van der Waals surface area (Å²) in [5.41, 5.74) is -0.954. The van der Waals surface area contributed by atoms with Crippen LogP contribution in [0.25, 0.3) is 11.3 Å². The van der Waals surface area contributed by atoms with E-state index in [2.05, 4.69) is 32.1 Å². The van der Waals surface area contributed by atoms with Gasteiger partial charge in [0.2, 0.25) is 5.82 Å². The molecule has 0 aliphatic carbocycles. The number of nitrogens with one attached hydrogen (secondary N) is 1. The minimum atomic E-state index is -4.75. The van der Waals surface area contributed by atoms with E-state index < -0.39 is 23.4 Å². The fourth-order valence-corrected chi connectivity index (χ4v) is 6.83. The minimum Gasteiger partial charge on any atom is -0.465 e. The van der Waals surface area contributed by atoms with Crippen molar-refractivity contribution in [3.8, 4) is 11.3 Å². The molecule has 0 bridgehead atoms. The number of nitrogens with zero attached hydrogens (tertiary/aromatic N) is 6. The molecule has 2 fully saturated rings. The highest BCUT2D eigenvalue weighted by Gasteiger charge is 2.33. The van der Waals surface area contributed by atoms with Gasteiger partial charge in [-0.25, -0.2) is 19.3 Å². The third kappa shape index (κ3) is 7.90. The summed E-state index contributed by atoms with van der Waals surface area (Å²) in [6.45, 7) is 6.77. The highest BCUT2D eigenvalue weighted by atomic mass is 32.1. The van der Waals surface area contributed by atoms with Crippen molar-refractivity contribution in [2.45, 2.75) is 51.5 Å². The number of aromatic nitrogens is 3. The van der Waals surface area contributed by atoms with Crippen LogP contribution in [0.3, 0.4) is 0 Å². The zero-order valence-corrected chi connectivity index (χ0v) is 26.6. The molecule has 1 aromatic carbocycles. The second-order valence-electron chi connectivity index (χ2n) is 11.3. The van der Waals surface area contributed by atoms with Crippen LogP contribution in [-0.2, 0) is 27.0 Å². The molecular formula is C30H36F5N7O3S. The van der Waals surface area contributed by atoms with Crippen LogP contribution in [0.4, 0.5) is 38.7 Å². The molecule has 5 rings (SSSR count).